The van der Waals surface area contributed by atoms with Gasteiger partial charge in [-0.1, -0.05) is 60.7 Å². The number of nitrogens with one attached hydrogen (secondary N) is 1. The Labute approximate surface area is 158 Å². The average Bonchev–Trinajstić information content (AvgIpc) is 2.70. The van der Waals surface area contributed by atoms with Crippen LogP contribution in [0, 0.1) is 0 Å². The van der Waals surface area contributed by atoms with Gasteiger partial charge < -0.3 is 5.32 Å². The molecule has 0 spiro atoms. The molecule has 2 aromatic carbocycles. The quantitative estimate of drug-likeness (QED) is 0.835. The SMILES string of the molecule is CCNC(=O)C1=CCc2ccccc2C1=O.O=C1C=CCc2ccccc21. The smallest absolute Gasteiger partial charge is 0.254 e. The van der Waals surface area contributed by atoms with Crippen LogP contribution in [-0.2, 0) is 17.6 Å². The summed E-state index contributed by atoms with van der Waals surface area (Å²) in [5, 5.41) is 2.65. The molecule has 4 nitrogen and oxygen atoms in total. The molecule has 136 valence electrons. The van der Waals surface area contributed by atoms with Gasteiger partial charge in [-0.05, 0) is 37.0 Å². The summed E-state index contributed by atoms with van der Waals surface area (Å²) in [6.07, 6.45) is 6.79. The average molecular weight is 359 g/mol. The maximum Gasteiger partial charge on any atom is 0.254 e. The van der Waals surface area contributed by atoms with Crippen molar-refractivity contribution < 1.29 is 14.4 Å². The molecule has 0 saturated heterocycles. The van der Waals surface area contributed by atoms with Crippen LogP contribution in [0.15, 0.2) is 72.3 Å². The van der Waals surface area contributed by atoms with Gasteiger partial charge in [0, 0.05) is 17.7 Å². The van der Waals surface area contributed by atoms with Gasteiger partial charge >= 0.3 is 0 Å². The Balaban J connectivity index is 0.000000166. The van der Waals surface area contributed by atoms with Crippen molar-refractivity contribution in [1.82, 2.24) is 5.32 Å². The van der Waals surface area contributed by atoms with E-state index in [1.54, 1.807) is 18.2 Å². The second-order valence-corrected chi connectivity index (χ2v) is 6.30. The molecule has 2 aliphatic carbocycles. The Hall–Kier alpha value is -3.27. The number of likely N-dealkylation sites (N-methyl/N-ethyl adjacent to an activating group) is 1. The number of hydrogen-bond donors (Lipinski definition) is 1. The number of ketones is 2. The van der Waals surface area contributed by atoms with Crippen molar-refractivity contribution in [3.05, 3.63) is 94.6 Å². The molecule has 0 unspecified atom stereocenters. The lowest BCUT2D eigenvalue weighted by Crippen LogP contribution is -2.30. The highest BCUT2D eigenvalue weighted by molar-refractivity contribution is 6.26. The van der Waals surface area contributed by atoms with Crippen LogP contribution in [-0.4, -0.2) is 24.0 Å². The molecule has 0 radical (unpaired) electrons. The minimum Gasteiger partial charge on any atom is -0.352 e. The monoisotopic (exact) mass is 359 g/mol. The Kier molecular flexibility index (Phi) is 5.77. The van der Waals surface area contributed by atoms with E-state index in [0.717, 1.165) is 23.1 Å². The predicted molar refractivity (Wildman–Crippen MR) is 105 cm³/mol. The van der Waals surface area contributed by atoms with Crippen LogP contribution in [0.3, 0.4) is 0 Å². The molecule has 0 fully saturated rings. The molecule has 1 N–H and O–H groups in total. The van der Waals surface area contributed by atoms with Gasteiger partial charge in [-0.3, -0.25) is 14.4 Å². The van der Waals surface area contributed by atoms with E-state index in [-0.39, 0.29) is 23.0 Å². The Bertz CT molecular complexity index is 954. The number of hydrogen-bond acceptors (Lipinski definition) is 3. The number of allylic oxidation sites excluding steroid dienone is 3. The summed E-state index contributed by atoms with van der Waals surface area (Å²) < 4.78 is 0. The third-order valence-electron chi connectivity index (χ3n) is 4.50. The Morgan fingerprint density at radius 2 is 1.56 bits per heavy atom. The van der Waals surface area contributed by atoms with E-state index in [0.29, 0.717) is 18.5 Å². The van der Waals surface area contributed by atoms with Crippen LogP contribution in [0.4, 0.5) is 0 Å². The molecular weight excluding hydrogens is 338 g/mol. The van der Waals surface area contributed by atoms with Crippen molar-refractivity contribution >= 4 is 17.5 Å². The van der Waals surface area contributed by atoms with Crippen LogP contribution < -0.4 is 5.32 Å². The second kappa shape index (κ2) is 8.41. The minimum atomic E-state index is -0.276. The standard InChI is InChI=1S/C13H13NO2.C10H8O/c1-2-14-13(16)11-8-7-9-5-3-4-6-10(9)12(11)15;11-10-7-3-5-8-4-1-2-6-9(8)10/h3-6,8H,2,7H2,1H3,(H,14,16);1-4,6-7H,5H2. The van der Waals surface area contributed by atoms with Crippen LogP contribution in [0.2, 0.25) is 0 Å². The fourth-order valence-electron chi connectivity index (χ4n) is 3.14. The topological polar surface area (TPSA) is 63.2 Å². The van der Waals surface area contributed by atoms with E-state index < -0.39 is 0 Å². The van der Waals surface area contributed by atoms with Crippen molar-refractivity contribution in [2.75, 3.05) is 6.54 Å². The van der Waals surface area contributed by atoms with Crippen molar-refractivity contribution in [2.24, 2.45) is 0 Å². The molecule has 2 aromatic rings. The van der Waals surface area contributed by atoms with Crippen molar-refractivity contribution in [1.29, 1.82) is 0 Å². The second-order valence-electron chi connectivity index (χ2n) is 6.30. The lowest BCUT2D eigenvalue weighted by atomic mass is 9.90. The molecule has 27 heavy (non-hydrogen) atoms. The normalized spacial score (nSPS) is 14.3. The van der Waals surface area contributed by atoms with Crippen LogP contribution in [0.5, 0.6) is 0 Å². The van der Waals surface area contributed by atoms with Gasteiger partial charge in [0.05, 0.1) is 5.57 Å². The first kappa shape index (κ1) is 18.5. The highest BCUT2D eigenvalue weighted by Gasteiger charge is 2.24. The number of carbonyl (C=O) groups excluding carboxylic acids is 3. The summed E-state index contributed by atoms with van der Waals surface area (Å²) in [7, 11) is 0. The highest BCUT2D eigenvalue weighted by atomic mass is 16.2. The fraction of sp³-hybridized carbons (Fsp3) is 0.174. The van der Waals surface area contributed by atoms with Gasteiger partial charge in [0.2, 0.25) is 0 Å². The number of carbonyl (C=O) groups is 3. The summed E-state index contributed by atoms with van der Waals surface area (Å²) in [5.74, 6) is -0.318. The maximum absolute atomic E-state index is 12.0. The van der Waals surface area contributed by atoms with Crippen LogP contribution in [0.1, 0.15) is 38.8 Å². The number of benzene rings is 2. The van der Waals surface area contributed by atoms with E-state index in [1.807, 2.05) is 55.5 Å². The first-order chi connectivity index (χ1) is 13.1. The number of amides is 1. The van der Waals surface area contributed by atoms with E-state index >= 15 is 0 Å². The van der Waals surface area contributed by atoms with Gasteiger partial charge in [-0.15, -0.1) is 0 Å². The number of rotatable bonds is 2. The number of fused-ring (bicyclic) bond motifs is 2. The summed E-state index contributed by atoms with van der Waals surface area (Å²) in [4.78, 5) is 34.8. The maximum atomic E-state index is 12.0. The molecule has 0 atom stereocenters. The highest BCUT2D eigenvalue weighted by Crippen LogP contribution is 2.20. The fourth-order valence-corrected chi connectivity index (χ4v) is 3.14. The lowest BCUT2D eigenvalue weighted by molar-refractivity contribution is -0.117. The molecule has 0 heterocycles. The molecule has 0 aromatic heterocycles. The zero-order chi connectivity index (χ0) is 19.2. The van der Waals surface area contributed by atoms with E-state index in [4.69, 9.17) is 0 Å². The first-order valence-electron chi connectivity index (χ1n) is 9.01. The molecule has 1 amide bonds. The molecule has 4 rings (SSSR count). The van der Waals surface area contributed by atoms with Crippen molar-refractivity contribution in [3.63, 3.8) is 0 Å². The first-order valence-corrected chi connectivity index (χ1v) is 9.01. The van der Waals surface area contributed by atoms with Gasteiger partial charge in [0.1, 0.15) is 0 Å². The summed E-state index contributed by atoms with van der Waals surface area (Å²) in [6, 6.07) is 15.1. The number of Topliss-reactive ketones (excluding diaryl/α,β-unsaturated/α-hetero) is 1. The molecular formula is C23H21NO3. The van der Waals surface area contributed by atoms with Crippen LogP contribution in [0.25, 0.3) is 0 Å². The van der Waals surface area contributed by atoms with Gasteiger partial charge in [-0.25, -0.2) is 0 Å². The molecule has 2 aliphatic rings. The molecule has 0 bridgehead atoms. The zero-order valence-corrected chi connectivity index (χ0v) is 15.2. The summed E-state index contributed by atoms with van der Waals surface area (Å²) in [5.41, 5.74) is 3.89. The lowest BCUT2D eigenvalue weighted by Gasteiger charge is -2.14. The Morgan fingerprint density at radius 1 is 0.926 bits per heavy atom. The van der Waals surface area contributed by atoms with E-state index in [2.05, 4.69) is 5.32 Å². The third kappa shape index (κ3) is 4.11. The van der Waals surface area contributed by atoms with Crippen molar-refractivity contribution in [2.45, 2.75) is 19.8 Å². The minimum absolute atomic E-state index is 0.131. The van der Waals surface area contributed by atoms with E-state index in [1.165, 1.54) is 0 Å². The van der Waals surface area contributed by atoms with E-state index in [9.17, 15) is 14.4 Å². The van der Waals surface area contributed by atoms with Crippen molar-refractivity contribution in [3.8, 4) is 0 Å². The zero-order valence-electron chi connectivity index (χ0n) is 15.2. The van der Waals surface area contributed by atoms with Gasteiger partial charge in [-0.2, -0.15) is 0 Å². The third-order valence-corrected chi connectivity index (χ3v) is 4.50. The van der Waals surface area contributed by atoms with Crippen LogP contribution >= 0.6 is 0 Å². The largest absolute Gasteiger partial charge is 0.352 e. The molecule has 0 saturated carbocycles. The van der Waals surface area contributed by atoms with Gasteiger partial charge in [0.25, 0.3) is 5.91 Å². The molecule has 4 heteroatoms. The summed E-state index contributed by atoms with van der Waals surface area (Å²) >= 11 is 0. The predicted octanol–water partition coefficient (Wildman–Crippen LogP) is 3.47. The molecule has 0 aliphatic heterocycles. The summed E-state index contributed by atoms with van der Waals surface area (Å²) in [6.45, 7) is 2.37. The van der Waals surface area contributed by atoms with Gasteiger partial charge in [0.15, 0.2) is 11.6 Å². The Morgan fingerprint density at radius 3 is 2.22 bits per heavy atom.